The summed E-state index contributed by atoms with van der Waals surface area (Å²) in [7, 11) is 0. The maximum absolute atomic E-state index is 14.2. The van der Waals surface area contributed by atoms with Gasteiger partial charge in [-0.1, -0.05) is 26.7 Å². The Bertz CT molecular complexity index is 548. The SMILES string of the molecule is CCCC(CCC)C(=O)c1cc2c(cc1F)NC(=O)CC2. The Hall–Kier alpha value is -1.71. The third-order valence-electron chi connectivity index (χ3n) is 4.00. The number of carbonyl (C=O) groups excluding carboxylic acids is 2. The minimum absolute atomic E-state index is 0.101. The molecule has 0 saturated carbocycles. The number of ketones is 1. The Labute approximate surface area is 124 Å². The Kier molecular flexibility index (Phi) is 5.10. The van der Waals surface area contributed by atoms with Gasteiger partial charge in [0.15, 0.2) is 5.78 Å². The van der Waals surface area contributed by atoms with Crippen LogP contribution in [0.15, 0.2) is 12.1 Å². The number of anilines is 1. The minimum Gasteiger partial charge on any atom is -0.326 e. The third-order valence-corrected chi connectivity index (χ3v) is 4.00. The molecule has 0 radical (unpaired) electrons. The Balaban J connectivity index is 2.30. The molecule has 1 aliphatic heterocycles. The fourth-order valence-corrected chi connectivity index (χ4v) is 2.91. The molecule has 1 amide bonds. The summed E-state index contributed by atoms with van der Waals surface area (Å²) >= 11 is 0. The van der Waals surface area contributed by atoms with Crippen molar-refractivity contribution in [2.45, 2.75) is 52.4 Å². The van der Waals surface area contributed by atoms with Crippen molar-refractivity contribution in [3.05, 3.63) is 29.1 Å². The monoisotopic (exact) mass is 291 g/mol. The Morgan fingerprint density at radius 3 is 2.52 bits per heavy atom. The maximum atomic E-state index is 14.2. The summed E-state index contributed by atoms with van der Waals surface area (Å²) in [6.45, 7) is 4.07. The van der Waals surface area contributed by atoms with Gasteiger partial charge in [0.25, 0.3) is 0 Å². The number of nitrogens with one attached hydrogen (secondary N) is 1. The highest BCUT2D eigenvalue weighted by Gasteiger charge is 2.24. The summed E-state index contributed by atoms with van der Waals surface area (Å²) in [5.74, 6) is -0.837. The molecule has 3 nitrogen and oxygen atoms in total. The van der Waals surface area contributed by atoms with Crippen LogP contribution in [0.2, 0.25) is 0 Å². The molecule has 1 aliphatic rings. The largest absolute Gasteiger partial charge is 0.326 e. The predicted octanol–water partition coefficient (Wildman–Crippen LogP) is 4.11. The molecule has 1 aromatic rings. The number of hydrogen-bond donors (Lipinski definition) is 1. The normalized spacial score (nSPS) is 14.0. The summed E-state index contributed by atoms with van der Waals surface area (Å²) < 4.78 is 14.2. The van der Waals surface area contributed by atoms with Crippen LogP contribution < -0.4 is 5.32 Å². The second-order valence-corrected chi connectivity index (χ2v) is 5.68. The number of benzene rings is 1. The number of rotatable bonds is 6. The van der Waals surface area contributed by atoms with E-state index in [2.05, 4.69) is 5.32 Å². The molecule has 0 spiro atoms. The number of aryl methyl sites for hydroxylation is 1. The van der Waals surface area contributed by atoms with Crippen LogP contribution in [0.25, 0.3) is 0 Å². The fraction of sp³-hybridized carbons (Fsp3) is 0.529. The van der Waals surface area contributed by atoms with E-state index in [1.807, 2.05) is 13.8 Å². The molecule has 0 saturated heterocycles. The van der Waals surface area contributed by atoms with E-state index < -0.39 is 5.82 Å². The van der Waals surface area contributed by atoms with Gasteiger partial charge in [0.05, 0.1) is 5.56 Å². The lowest BCUT2D eigenvalue weighted by molar-refractivity contribution is -0.116. The van der Waals surface area contributed by atoms with Crippen LogP contribution in [0.5, 0.6) is 0 Å². The molecule has 2 rings (SSSR count). The summed E-state index contributed by atoms with van der Waals surface area (Å²) in [5, 5.41) is 2.66. The summed E-state index contributed by atoms with van der Waals surface area (Å²) in [5.41, 5.74) is 1.53. The molecule has 1 heterocycles. The Morgan fingerprint density at radius 2 is 1.90 bits per heavy atom. The molecule has 0 bridgehead atoms. The smallest absolute Gasteiger partial charge is 0.224 e. The van der Waals surface area contributed by atoms with E-state index in [1.54, 1.807) is 6.07 Å². The zero-order valence-electron chi connectivity index (χ0n) is 12.7. The van der Waals surface area contributed by atoms with Gasteiger partial charge in [0, 0.05) is 18.0 Å². The first-order valence-corrected chi connectivity index (χ1v) is 7.73. The number of halogens is 1. The molecule has 1 N–H and O–H groups in total. The molecule has 0 atom stereocenters. The van der Waals surface area contributed by atoms with E-state index in [9.17, 15) is 14.0 Å². The van der Waals surface area contributed by atoms with Crippen molar-refractivity contribution in [1.29, 1.82) is 0 Å². The average Bonchev–Trinajstić information content (AvgIpc) is 2.45. The van der Waals surface area contributed by atoms with Gasteiger partial charge in [0.1, 0.15) is 5.82 Å². The van der Waals surface area contributed by atoms with Gasteiger partial charge >= 0.3 is 0 Å². The van der Waals surface area contributed by atoms with Gasteiger partial charge < -0.3 is 5.32 Å². The topological polar surface area (TPSA) is 46.2 Å². The van der Waals surface area contributed by atoms with Crippen molar-refractivity contribution in [1.82, 2.24) is 0 Å². The van der Waals surface area contributed by atoms with Crippen molar-refractivity contribution in [3.8, 4) is 0 Å². The second kappa shape index (κ2) is 6.83. The van der Waals surface area contributed by atoms with Gasteiger partial charge in [-0.25, -0.2) is 4.39 Å². The van der Waals surface area contributed by atoms with Crippen molar-refractivity contribution in [3.63, 3.8) is 0 Å². The highest BCUT2D eigenvalue weighted by atomic mass is 19.1. The summed E-state index contributed by atoms with van der Waals surface area (Å²) in [6.07, 6.45) is 4.37. The number of hydrogen-bond acceptors (Lipinski definition) is 2. The van der Waals surface area contributed by atoms with Gasteiger partial charge in [-0.2, -0.15) is 0 Å². The first-order chi connectivity index (χ1) is 10.1. The summed E-state index contributed by atoms with van der Waals surface area (Å²) in [6, 6.07) is 2.92. The molecule has 0 unspecified atom stereocenters. The van der Waals surface area contributed by atoms with Gasteiger partial charge in [-0.05, 0) is 37.0 Å². The molecule has 0 aromatic heterocycles. The van der Waals surface area contributed by atoms with Gasteiger partial charge in [-0.3, -0.25) is 9.59 Å². The van der Waals surface area contributed by atoms with Crippen LogP contribution in [-0.4, -0.2) is 11.7 Å². The average molecular weight is 291 g/mol. The standard InChI is InChI=1S/C17H22FNO2/c1-3-5-11(6-4-2)17(21)13-9-12-7-8-16(20)19-15(12)10-14(13)18/h9-11H,3-8H2,1-2H3,(H,19,20). The van der Waals surface area contributed by atoms with Crippen molar-refractivity contribution in [2.24, 2.45) is 5.92 Å². The molecule has 114 valence electrons. The maximum Gasteiger partial charge on any atom is 0.224 e. The molecular formula is C17H22FNO2. The van der Waals surface area contributed by atoms with Crippen LogP contribution in [0, 0.1) is 11.7 Å². The van der Waals surface area contributed by atoms with E-state index in [-0.39, 0.29) is 23.2 Å². The highest BCUT2D eigenvalue weighted by Crippen LogP contribution is 2.28. The minimum atomic E-state index is -0.529. The van der Waals surface area contributed by atoms with Crippen LogP contribution in [0.4, 0.5) is 10.1 Å². The fourth-order valence-electron chi connectivity index (χ4n) is 2.91. The molecule has 21 heavy (non-hydrogen) atoms. The lowest BCUT2D eigenvalue weighted by Gasteiger charge is -2.20. The van der Waals surface area contributed by atoms with Crippen LogP contribution in [0.1, 0.15) is 61.9 Å². The van der Waals surface area contributed by atoms with Crippen LogP contribution in [0.3, 0.4) is 0 Å². The van der Waals surface area contributed by atoms with E-state index in [1.165, 1.54) is 6.07 Å². The molecule has 0 fully saturated rings. The summed E-state index contributed by atoms with van der Waals surface area (Å²) in [4.78, 5) is 23.9. The van der Waals surface area contributed by atoms with Crippen molar-refractivity contribution in [2.75, 3.05) is 5.32 Å². The number of fused-ring (bicyclic) bond motifs is 1. The van der Waals surface area contributed by atoms with Crippen molar-refractivity contribution >= 4 is 17.4 Å². The quantitative estimate of drug-likeness (QED) is 0.802. The van der Waals surface area contributed by atoms with Gasteiger partial charge in [0.2, 0.25) is 5.91 Å². The second-order valence-electron chi connectivity index (χ2n) is 5.68. The van der Waals surface area contributed by atoms with Gasteiger partial charge in [-0.15, -0.1) is 0 Å². The number of amides is 1. The predicted molar refractivity (Wildman–Crippen MR) is 81.0 cm³/mol. The van der Waals surface area contributed by atoms with E-state index >= 15 is 0 Å². The first kappa shape index (κ1) is 15.7. The van der Waals surface area contributed by atoms with E-state index in [0.29, 0.717) is 18.5 Å². The molecule has 1 aromatic carbocycles. The molecular weight excluding hydrogens is 269 g/mol. The van der Waals surface area contributed by atoms with Crippen LogP contribution >= 0.6 is 0 Å². The third kappa shape index (κ3) is 3.49. The highest BCUT2D eigenvalue weighted by molar-refractivity contribution is 6.00. The lowest BCUT2D eigenvalue weighted by Crippen LogP contribution is -2.21. The number of carbonyl (C=O) groups is 2. The van der Waals surface area contributed by atoms with E-state index in [4.69, 9.17) is 0 Å². The number of Topliss-reactive ketones (excluding diaryl/α,β-unsaturated/α-hetero) is 1. The zero-order chi connectivity index (χ0) is 15.4. The lowest BCUT2D eigenvalue weighted by atomic mass is 9.88. The van der Waals surface area contributed by atoms with Crippen molar-refractivity contribution < 1.29 is 14.0 Å². The first-order valence-electron chi connectivity index (χ1n) is 7.73. The zero-order valence-corrected chi connectivity index (χ0v) is 12.7. The van der Waals surface area contributed by atoms with Crippen LogP contribution in [-0.2, 0) is 11.2 Å². The molecule has 0 aliphatic carbocycles. The molecule has 4 heteroatoms. The van der Waals surface area contributed by atoms with E-state index in [0.717, 1.165) is 31.2 Å². The Morgan fingerprint density at radius 1 is 1.24 bits per heavy atom.